The summed E-state index contributed by atoms with van der Waals surface area (Å²) in [6, 6.07) is 6.37. The van der Waals surface area contributed by atoms with Gasteiger partial charge in [0.15, 0.2) is 0 Å². The third-order valence-electron chi connectivity index (χ3n) is 6.86. The van der Waals surface area contributed by atoms with Crippen LogP contribution in [0.25, 0.3) is 0 Å². The smallest absolute Gasteiger partial charge is 0.0945 e. The van der Waals surface area contributed by atoms with Crippen LogP contribution in [0.3, 0.4) is 0 Å². The zero-order chi connectivity index (χ0) is 17.7. The molecule has 0 aromatic carbocycles. The van der Waals surface area contributed by atoms with Crippen LogP contribution < -0.4 is 5.32 Å². The molecule has 3 heterocycles. The van der Waals surface area contributed by atoms with Crippen LogP contribution in [0.15, 0.2) is 24.4 Å². The molecule has 1 unspecified atom stereocenters. The van der Waals surface area contributed by atoms with Crippen molar-refractivity contribution in [3.8, 4) is 0 Å². The fraction of sp³-hybridized carbons (Fsp3) is 0.773. The van der Waals surface area contributed by atoms with E-state index in [0.717, 1.165) is 58.0 Å². The standard InChI is InChI=1S/C22H34N2O2/c1-2-6-19(7-3-1)16-23-13-9-21(20-8-4-5-12-24-20)10-15-26-22(17-21)11-14-25-18-22/h4-5,8,12,19,23H,1-3,6-7,9-11,13-18H2/t21-,22?/m1/s1. The number of hydrogen-bond donors (Lipinski definition) is 1. The number of rotatable bonds is 6. The van der Waals surface area contributed by atoms with Gasteiger partial charge in [0.25, 0.3) is 0 Å². The maximum absolute atomic E-state index is 6.23. The van der Waals surface area contributed by atoms with E-state index in [4.69, 9.17) is 14.5 Å². The molecule has 4 rings (SSSR count). The van der Waals surface area contributed by atoms with Crippen molar-refractivity contribution in [2.24, 2.45) is 5.92 Å². The highest BCUT2D eigenvalue weighted by Gasteiger charge is 2.49. The van der Waals surface area contributed by atoms with E-state index in [2.05, 4.69) is 17.4 Å². The third kappa shape index (κ3) is 4.13. The van der Waals surface area contributed by atoms with Crippen molar-refractivity contribution in [2.45, 2.75) is 68.8 Å². The van der Waals surface area contributed by atoms with Gasteiger partial charge in [0.05, 0.1) is 12.2 Å². The summed E-state index contributed by atoms with van der Waals surface area (Å²) in [6.45, 7) is 4.66. The second-order valence-corrected chi connectivity index (χ2v) is 8.71. The van der Waals surface area contributed by atoms with Crippen LogP contribution in [-0.2, 0) is 14.9 Å². The Hall–Kier alpha value is -0.970. The molecule has 1 aromatic rings. The number of aromatic nitrogens is 1. The van der Waals surface area contributed by atoms with Crippen LogP contribution in [0, 0.1) is 5.92 Å². The predicted octanol–water partition coefficient (Wildman–Crippen LogP) is 3.85. The number of nitrogens with one attached hydrogen (secondary N) is 1. The van der Waals surface area contributed by atoms with Crippen LogP contribution in [0.4, 0.5) is 0 Å². The highest BCUT2D eigenvalue weighted by molar-refractivity contribution is 5.20. The van der Waals surface area contributed by atoms with Crippen molar-refractivity contribution in [3.05, 3.63) is 30.1 Å². The first-order chi connectivity index (χ1) is 12.8. The minimum absolute atomic E-state index is 0.0842. The molecule has 144 valence electrons. The molecule has 2 aliphatic heterocycles. The van der Waals surface area contributed by atoms with Crippen molar-refractivity contribution in [1.82, 2.24) is 10.3 Å². The van der Waals surface area contributed by atoms with Gasteiger partial charge >= 0.3 is 0 Å². The first-order valence-electron chi connectivity index (χ1n) is 10.6. The third-order valence-corrected chi connectivity index (χ3v) is 6.86. The Bertz CT molecular complexity index is 553. The number of nitrogens with zero attached hydrogens (tertiary/aromatic N) is 1. The molecule has 0 radical (unpaired) electrons. The quantitative estimate of drug-likeness (QED) is 0.785. The normalized spacial score (nSPS) is 32.9. The number of pyridine rings is 1. The van der Waals surface area contributed by atoms with Gasteiger partial charge in [-0.2, -0.15) is 0 Å². The predicted molar refractivity (Wildman–Crippen MR) is 103 cm³/mol. The maximum atomic E-state index is 6.23. The molecule has 2 saturated heterocycles. The Balaban J connectivity index is 1.41. The van der Waals surface area contributed by atoms with Gasteiger partial charge in [-0.25, -0.2) is 0 Å². The molecule has 2 atom stereocenters. The van der Waals surface area contributed by atoms with Gasteiger partial charge in [-0.3, -0.25) is 4.98 Å². The monoisotopic (exact) mass is 358 g/mol. The van der Waals surface area contributed by atoms with Crippen molar-refractivity contribution in [2.75, 3.05) is 32.9 Å². The first kappa shape index (κ1) is 18.4. The van der Waals surface area contributed by atoms with E-state index in [1.807, 2.05) is 12.3 Å². The van der Waals surface area contributed by atoms with Gasteiger partial charge in [0.1, 0.15) is 0 Å². The SMILES string of the molecule is c1ccc([C@]2(CCNCC3CCCCC3)CCOC3(CCOC3)C2)nc1. The van der Waals surface area contributed by atoms with E-state index in [1.54, 1.807) is 0 Å². The molecular weight excluding hydrogens is 324 g/mol. The average molecular weight is 359 g/mol. The number of ether oxygens (including phenoxy) is 2. The summed E-state index contributed by atoms with van der Waals surface area (Å²) in [7, 11) is 0. The van der Waals surface area contributed by atoms with Crippen LogP contribution >= 0.6 is 0 Å². The minimum atomic E-state index is -0.0842. The average Bonchev–Trinajstić information content (AvgIpc) is 3.14. The molecule has 4 nitrogen and oxygen atoms in total. The zero-order valence-electron chi connectivity index (χ0n) is 16.0. The van der Waals surface area contributed by atoms with Gasteiger partial charge < -0.3 is 14.8 Å². The summed E-state index contributed by atoms with van der Waals surface area (Å²) < 4.78 is 11.9. The summed E-state index contributed by atoms with van der Waals surface area (Å²) >= 11 is 0. The summed E-state index contributed by atoms with van der Waals surface area (Å²) in [5.74, 6) is 0.888. The van der Waals surface area contributed by atoms with Crippen molar-refractivity contribution in [1.29, 1.82) is 0 Å². The van der Waals surface area contributed by atoms with Crippen molar-refractivity contribution in [3.63, 3.8) is 0 Å². The van der Waals surface area contributed by atoms with Gasteiger partial charge in [0, 0.05) is 36.9 Å². The molecule has 0 bridgehead atoms. The topological polar surface area (TPSA) is 43.4 Å². The van der Waals surface area contributed by atoms with E-state index in [9.17, 15) is 0 Å². The van der Waals surface area contributed by atoms with Crippen molar-refractivity contribution < 1.29 is 9.47 Å². The fourth-order valence-corrected chi connectivity index (χ4v) is 5.32. The Morgan fingerprint density at radius 3 is 2.81 bits per heavy atom. The fourth-order valence-electron chi connectivity index (χ4n) is 5.32. The molecule has 4 heteroatoms. The minimum Gasteiger partial charge on any atom is -0.378 e. The molecule has 1 N–H and O–H groups in total. The lowest BCUT2D eigenvalue weighted by Gasteiger charge is -2.45. The molecule has 1 aromatic heterocycles. The van der Waals surface area contributed by atoms with Crippen LogP contribution in [0.5, 0.6) is 0 Å². The molecule has 1 spiro atoms. The van der Waals surface area contributed by atoms with Gasteiger partial charge in [-0.1, -0.05) is 25.3 Å². The summed E-state index contributed by atoms with van der Waals surface area (Å²) in [5, 5.41) is 3.78. The summed E-state index contributed by atoms with van der Waals surface area (Å²) in [4.78, 5) is 4.77. The second kappa shape index (κ2) is 8.37. The van der Waals surface area contributed by atoms with Gasteiger partial charge in [-0.05, 0) is 63.2 Å². The lowest BCUT2D eigenvalue weighted by Crippen LogP contribution is -2.49. The van der Waals surface area contributed by atoms with E-state index < -0.39 is 0 Å². The van der Waals surface area contributed by atoms with E-state index in [0.29, 0.717) is 0 Å². The zero-order valence-corrected chi connectivity index (χ0v) is 16.0. The number of hydrogen-bond acceptors (Lipinski definition) is 4. The van der Waals surface area contributed by atoms with Crippen LogP contribution in [0.2, 0.25) is 0 Å². The largest absolute Gasteiger partial charge is 0.378 e. The lowest BCUT2D eigenvalue weighted by atomic mass is 9.68. The van der Waals surface area contributed by atoms with Crippen LogP contribution in [-0.4, -0.2) is 43.5 Å². The van der Waals surface area contributed by atoms with E-state index >= 15 is 0 Å². The highest BCUT2D eigenvalue weighted by atomic mass is 16.6. The molecule has 0 amide bonds. The van der Waals surface area contributed by atoms with Gasteiger partial charge in [-0.15, -0.1) is 0 Å². The second-order valence-electron chi connectivity index (χ2n) is 8.71. The van der Waals surface area contributed by atoms with Crippen molar-refractivity contribution >= 4 is 0 Å². The van der Waals surface area contributed by atoms with Crippen LogP contribution in [0.1, 0.15) is 63.5 Å². The summed E-state index contributed by atoms with van der Waals surface area (Å²) in [5.41, 5.74) is 1.28. The Morgan fingerprint density at radius 2 is 2.04 bits per heavy atom. The Kier molecular flexibility index (Phi) is 5.92. The molecular formula is C22H34N2O2. The first-order valence-corrected chi connectivity index (χ1v) is 10.6. The Labute approximate surface area is 158 Å². The van der Waals surface area contributed by atoms with Gasteiger partial charge in [0.2, 0.25) is 0 Å². The molecule has 3 aliphatic rings. The molecule has 26 heavy (non-hydrogen) atoms. The Morgan fingerprint density at radius 1 is 1.12 bits per heavy atom. The molecule has 1 aliphatic carbocycles. The summed E-state index contributed by atoms with van der Waals surface area (Å²) in [6.07, 6.45) is 13.3. The molecule has 1 saturated carbocycles. The maximum Gasteiger partial charge on any atom is 0.0945 e. The molecule has 3 fully saturated rings. The lowest BCUT2D eigenvalue weighted by molar-refractivity contribution is -0.109. The highest BCUT2D eigenvalue weighted by Crippen LogP contribution is 2.46. The van der Waals surface area contributed by atoms with E-state index in [-0.39, 0.29) is 11.0 Å². The van der Waals surface area contributed by atoms with E-state index in [1.165, 1.54) is 44.3 Å².